The molecule has 2 rings (SSSR count). The molecule has 4 heteroatoms. The first-order valence-corrected chi connectivity index (χ1v) is 8.58. The highest BCUT2D eigenvalue weighted by Crippen LogP contribution is 2.31. The maximum Gasteiger partial charge on any atom is 0.128 e. The lowest BCUT2D eigenvalue weighted by Gasteiger charge is -2.38. The molecule has 1 atom stereocenters. The van der Waals surface area contributed by atoms with Gasteiger partial charge in [-0.3, -0.25) is 0 Å². The quantitative estimate of drug-likeness (QED) is 0.900. The van der Waals surface area contributed by atoms with Crippen molar-refractivity contribution < 1.29 is 0 Å². The number of hydrogen-bond acceptors (Lipinski definition) is 4. The minimum atomic E-state index is 0.328. The number of thioether (sulfide) groups is 1. The van der Waals surface area contributed by atoms with Crippen molar-refractivity contribution in [3.8, 4) is 0 Å². The minimum absolute atomic E-state index is 0.328. The van der Waals surface area contributed by atoms with E-state index in [0.29, 0.717) is 10.8 Å². The van der Waals surface area contributed by atoms with Crippen LogP contribution in [0.4, 0.5) is 5.82 Å². The number of hydrogen-bond donors (Lipinski definition) is 1. The molecule has 1 fully saturated rings. The van der Waals surface area contributed by atoms with Gasteiger partial charge in [-0.25, -0.2) is 4.98 Å². The van der Waals surface area contributed by atoms with Gasteiger partial charge in [0.2, 0.25) is 0 Å². The molecule has 0 amide bonds. The van der Waals surface area contributed by atoms with Crippen LogP contribution in [0.2, 0.25) is 0 Å². The highest BCUT2D eigenvalue weighted by molar-refractivity contribution is 8.00. The summed E-state index contributed by atoms with van der Waals surface area (Å²) in [5.74, 6) is 2.30. The van der Waals surface area contributed by atoms with Gasteiger partial charge in [0.25, 0.3) is 0 Å². The zero-order chi connectivity index (χ0) is 14.6. The molecule has 1 aliphatic heterocycles. The Hall–Kier alpha value is -0.740. The Morgan fingerprint density at radius 2 is 2.25 bits per heavy atom. The first-order chi connectivity index (χ1) is 9.52. The summed E-state index contributed by atoms with van der Waals surface area (Å²) >= 11 is 2.06. The lowest BCUT2D eigenvalue weighted by molar-refractivity contribution is 0.568. The molecule has 0 spiro atoms. The lowest BCUT2D eigenvalue weighted by Crippen LogP contribution is -2.43. The van der Waals surface area contributed by atoms with Crippen molar-refractivity contribution in [1.29, 1.82) is 0 Å². The van der Waals surface area contributed by atoms with Gasteiger partial charge in [-0.15, -0.1) is 0 Å². The molecular weight excluding hydrogens is 266 g/mol. The predicted molar refractivity (Wildman–Crippen MR) is 89.7 cm³/mol. The van der Waals surface area contributed by atoms with E-state index in [2.05, 4.69) is 66.8 Å². The number of nitrogens with zero attached hydrogens (tertiary/aromatic N) is 2. The largest absolute Gasteiger partial charge is 0.354 e. The fraction of sp³-hybridized carbons (Fsp3) is 0.688. The van der Waals surface area contributed by atoms with Crippen LogP contribution in [0.3, 0.4) is 0 Å². The summed E-state index contributed by atoms with van der Waals surface area (Å²) < 4.78 is 0.328. The fourth-order valence-electron chi connectivity index (χ4n) is 2.53. The van der Waals surface area contributed by atoms with Crippen LogP contribution in [0, 0.1) is 0 Å². The molecule has 0 aliphatic carbocycles. The summed E-state index contributed by atoms with van der Waals surface area (Å²) in [6, 6.07) is 4.76. The average Bonchev–Trinajstić information content (AvgIpc) is 2.44. The number of nitrogens with one attached hydrogen (secondary N) is 1. The molecular formula is C16H27N3S. The third kappa shape index (κ3) is 4.13. The maximum atomic E-state index is 4.67. The van der Waals surface area contributed by atoms with Crippen LogP contribution in [-0.4, -0.2) is 35.1 Å². The molecule has 112 valence electrons. The van der Waals surface area contributed by atoms with Gasteiger partial charge in [-0.05, 0) is 45.4 Å². The van der Waals surface area contributed by atoms with Gasteiger partial charge in [-0.1, -0.05) is 13.0 Å². The van der Waals surface area contributed by atoms with E-state index in [4.69, 9.17) is 0 Å². The smallest absolute Gasteiger partial charge is 0.128 e. The van der Waals surface area contributed by atoms with Gasteiger partial charge < -0.3 is 10.2 Å². The van der Waals surface area contributed by atoms with Gasteiger partial charge in [0.05, 0.1) is 0 Å². The molecule has 2 heterocycles. The SMILES string of the molecule is CCCNC(C)c1ccc(N2CCSC(C)(C)C2)nc1. The Morgan fingerprint density at radius 1 is 1.45 bits per heavy atom. The Kier molecular flexibility index (Phi) is 5.33. The maximum absolute atomic E-state index is 4.67. The second-order valence-corrected chi connectivity index (χ2v) is 7.96. The summed E-state index contributed by atoms with van der Waals surface area (Å²) in [5.41, 5.74) is 1.27. The van der Waals surface area contributed by atoms with Gasteiger partial charge >= 0.3 is 0 Å². The molecule has 0 saturated carbocycles. The van der Waals surface area contributed by atoms with E-state index in [1.807, 2.05) is 6.20 Å². The number of pyridine rings is 1. The Labute approximate surface area is 127 Å². The van der Waals surface area contributed by atoms with E-state index in [1.165, 1.54) is 11.3 Å². The van der Waals surface area contributed by atoms with Crippen molar-refractivity contribution >= 4 is 17.6 Å². The second-order valence-electron chi connectivity index (χ2n) is 6.16. The zero-order valence-corrected chi connectivity index (χ0v) is 14.0. The van der Waals surface area contributed by atoms with E-state index >= 15 is 0 Å². The highest BCUT2D eigenvalue weighted by Gasteiger charge is 2.27. The third-order valence-electron chi connectivity index (χ3n) is 3.72. The van der Waals surface area contributed by atoms with Crippen LogP contribution in [-0.2, 0) is 0 Å². The monoisotopic (exact) mass is 293 g/mol. The summed E-state index contributed by atoms with van der Waals surface area (Å²) in [7, 11) is 0. The van der Waals surface area contributed by atoms with Crippen LogP contribution < -0.4 is 10.2 Å². The van der Waals surface area contributed by atoms with Crippen molar-refractivity contribution in [2.75, 3.05) is 30.3 Å². The second kappa shape index (κ2) is 6.81. The van der Waals surface area contributed by atoms with E-state index in [9.17, 15) is 0 Å². The normalized spacial score (nSPS) is 19.9. The Bertz CT molecular complexity index is 416. The number of rotatable bonds is 5. The van der Waals surface area contributed by atoms with E-state index in [1.54, 1.807) is 0 Å². The summed E-state index contributed by atoms with van der Waals surface area (Å²) in [6.07, 6.45) is 3.19. The van der Waals surface area contributed by atoms with E-state index in [-0.39, 0.29) is 0 Å². The number of anilines is 1. The summed E-state index contributed by atoms with van der Waals surface area (Å²) in [6.45, 7) is 12.3. The first kappa shape index (κ1) is 15.6. The minimum Gasteiger partial charge on any atom is -0.354 e. The van der Waals surface area contributed by atoms with Crippen LogP contribution in [0.25, 0.3) is 0 Å². The van der Waals surface area contributed by atoms with Gasteiger partial charge in [0.1, 0.15) is 5.82 Å². The van der Waals surface area contributed by atoms with Crippen LogP contribution in [0.15, 0.2) is 18.3 Å². The summed E-state index contributed by atoms with van der Waals surface area (Å²) in [5, 5.41) is 3.50. The van der Waals surface area contributed by atoms with Crippen molar-refractivity contribution in [3.05, 3.63) is 23.9 Å². The van der Waals surface area contributed by atoms with Crippen LogP contribution in [0.5, 0.6) is 0 Å². The number of aromatic nitrogens is 1. The molecule has 3 nitrogen and oxygen atoms in total. The molecule has 0 radical (unpaired) electrons. The van der Waals surface area contributed by atoms with Crippen molar-refractivity contribution in [3.63, 3.8) is 0 Å². The molecule has 1 unspecified atom stereocenters. The molecule has 0 aromatic carbocycles. The van der Waals surface area contributed by atoms with Crippen LogP contribution >= 0.6 is 11.8 Å². The molecule has 1 aromatic heterocycles. The average molecular weight is 293 g/mol. The molecule has 20 heavy (non-hydrogen) atoms. The lowest BCUT2D eigenvalue weighted by atomic mass is 10.1. The molecule has 1 saturated heterocycles. The topological polar surface area (TPSA) is 28.2 Å². The molecule has 1 aromatic rings. The van der Waals surface area contributed by atoms with Gasteiger partial charge in [0, 0.05) is 35.8 Å². The van der Waals surface area contributed by atoms with Crippen molar-refractivity contribution in [1.82, 2.24) is 10.3 Å². The predicted octanol–water partition coefficient (Wildman–Crippen LogP) is 3.47. The van der Waals surface area contributed by atoms with Crippen LogP contribution in [0.1, 0.15) is 45.7 Å². The van der Waals surface area contributed by atoms with E-state index in [0.717, 1.165) is 31.9 Å². The van der Waals surface area contributed by atoms with Crippen molar-refractivity contribution in [2.45, 2.75) is 44.9 Å². The standard InChI is InChI=1S/C16H27N3S/c1-5-8-17-13(2)14-6-7-15(18-11-14)19-9-10-20-16(3,4)12-19/h6-7,11,13,17H,5,8-10,12H2,1-4H3. The third-order valence-corrected chi connectivity index (χ3v) is 5.02. The first-order valence-electron chi connectivity index (χ1n) is 7.60. The molecule has 1 N–H and O–H groups in total. The summed E-state index contributed by atoms with van der Waals surface area (Å²) in [4.78, 5) is 7.08. The van der Waals surface area contributed by atoms with E-state index < -0.39 is 0 Å². The van der Waals surface area contributed by atoms with Crippen molar-refractivity contribution in [2.24, 2.45) is 0 Å². The fourth-order valence-corrected chi connectivity index (χ4v) is 3.64. The molecule has 1 aliphatic rings. The van der Waals surface area contributed by atoms with Gasteiger partial charge in [0.15, 0.2) is 0 Å². The van der Waals surface area contributed by atoms with Gasteiger partial charge in [-0.2, -0.15) is 11.8 Å². The Balaban J connectivity index is 2.00. The zero-order valence-electron chi connectivity index (χ0n) is 13.1. The Morgan fingerprint density at radius 3 is 2.85 bits per heavy atom. The highest BCUT2D eigenvalue weighted by atomic mass is 32.2. The molecule has 0 bridgehead atoms.